The van der Waals surface area contributed by atoms with Crippen LogP contribution >= 0.6 is 0 Å². The predicted octanol–water partition coefficient (Wildman–Crippen LogP) is -0.702. The lowest BCUT2D eigenvalue weighted by Crippen LogP contribution is -2.60. The molecule has 0 amide bonds. The van der Waals surface area contributed by atoms with Gasteiger partial charge >= 0.3 is 0 Å². The maximum absolute atomic E-state index is 12.7. The molecule has 2 aliphatic heterocycles. The van der Waals surface area contributed by atoms with Gasteiger partial charge in [0, 0.05) is 5.56 Å². The van der Waals surface area contributed by atoms with Crippen LogP contribution in [-0.4, -0.2) is 78.8 Å². The van der Waals surface area contributed by atoms with Gasteiger partial charge in [-0.2, -0.15) is 0 Å². The Morgan fingerprint density at radius 1 is 0.935 bits per heavy atom. The second kappa shape index (κ2) is 7.87. The Labute approximate surface area is 174 Å². The molecular weight excluding hydrogens is 416 g/mol. The van der Waals surface area contributed by atoms with Crippen LogP contribution in [0.15, 0.2) is 30.3 Å². The maximum Gasteiger partial charge on any atom is 0.229 e. The third-order valence-electron chi connectivity index (χ3n) is 5.23. The van der Waals surface area contributed by atoms with Crippen molar-refractivity contribution in [3.63, 3.8) is 0 Å². The molecule has 7 N–H and O–H groups in total. The highest BCUT2D eigenvalue weighted by molar-refractivity contribution is 6.06. The highest BCUT2D eigenvalue weighted by Gasteiger charge is 2.45. The Kier molecular flexibility index (Phi) is 5.37. The van der Waals surface area contributed by atoms with Gasteiger partial charge in [-0.05, 0) is 24.3 Å². The van der Waals surface area contributed by atoms with Gasteiger partial charge in [-0.25, -0.2) is 0 Å². The normalized spacial score (nSPS) is 30.0. The van der Waals surface area contributed by atoms with Crippen LogP contribution in [0.5, 0.6) is 28.7 Å². The summed E-state index contributed by atoms with van der Waals surface area (Å²) in [5.74, 6) is -2.34. The molecule has 11 heteroatoms. The fourth-order valence-electron chi connectivity index (χ4n) is 3.49. The zero-order chi connectivity index (χ0) is 22.4. The van der Waals surface area contributed by atoms with Crippen molar-refractivity contribution >= 4 is 5.78 Å². The van der Waals surface area contributed by atoms with E-state index in [0.717, 1.165) is 6.07 Å². The lowest BCUT2D eigenvalue weighted by molar-refractivity contribution is -0.277. The molecule has 0 aliphatic carbocycles. The number of phenolic OH excluding ortho intramolecular Hbond substituents is 3. The van der Waals surface area contributed by atoms with E-state index in [9.17, 15) is 40.5 Å². The Bertz CT molecular complexity index is 1000. The van der Waals surface area contributed by atoms with Crippen LogP contribution in [0.25, 0.3) is 0 Å². The minimum Gasteiger partial charge on any atom is -0.504 e. The number of aliphatic hydroxyl groups excluding tert-OH is 4. The van der Waals surface area contributed by atoms with Gasteiger partial charge in [-0.1, -0.05) is 6.07 Å². The second-order valence-electron chi connectivity index (χ2n) is 7.21. The quantitative estimate of drug-likeness (QED) is 0.300. The molecule has 2 aromatic carbocycles. The lowest BCUT2D eigenvalue weighted by Gasteiger charge is -2.39. The standard InChI is InChI=1S/C20H20O11/c21-6-12-14(25)16(27)17(28)20(30-12)29-11-4-2-8-13(24)18(31-19(8)15(11)26)7-1-3-9(22)10(23)5-7/h1-5,12,14,16-18,20-23,25-28H,6H2/t12-,14-,16-,17+,18-,20-/m1/s1. The molecule has 1 saturated heterocycles. The summed E-state index contributed by atoms with van der Waals surface area (Å²) in [6.45, 7) is -0.653. The summed E-state index contributed by atoms with van der Waals surface area (Å²) in [4.78, 5) is 12.7. The summed E-state index contributed by atoms with van der Waals surface area (Å²) in [5.41, 5.74) is 0.281. The van der Waals surface area contributed by atoms with E-state index in [-0.39, 0.29) is 28.4 Å². The summed E-state index contributed by atoms with van der Waals surface area (Å²) in [7, 11) is 0. The van der Waals surface area contributed by atoms with E-state index in [1.165, 1.54) is 24.3 Å². The fourth-order valence-corrected chi connectivity index (χ4v) is 3.49. The number of ketones is 1. The molecule has 11 nitrogen and oxygen atoms in total. The first-order chi connectivity index (χ1) is 14.7. The van der Waals surface area contributed by atoms with Crippen LogP contribution in [0.3, 0.4) is 0 Å². The van der Waals surface area contributed by atoms with Gasteiger partial charge in [0.15, 0.2) is 29.1 Å². The van der Waals surface area contributed by atoms with Gasteiger partial charge in [-0.3, -0.25) is 4.79 Å². The Morgan fingerprint density at radius 2 is 1.68 bits per heavy atom. The second-order valence-corrected chi connectivity index (χ2v) is 7.21. The number of hydrogen-bond donors (Lipinski definition) is 7. The van der Waals surface area contributed by atoms with Gasteiger partial charge < -0.3 is 50.0 Å². The van der Waals surface area contributed by atoms with Crippen LogP contribution in [0.4, 0.5) is 0 Å². The summed E-state index contributed by atoms with van der Waals surface area (Å²) in [6.07, 6.45) is -8.87. The molecule has 0 unspecified atom stereocenters. The number of phenols is 3. The summed E-state index contributed by atoms with van der Waals surface area (Å²) < 4.78 is 16.2. The molecule has 0 saturated carbocycles. The van der Waals surface area contributed by atoms with Crippen LogP contribution in [0.2, 0.25) is 0 Å². The van der Waals surface area contributed by atoms with Gasteiger partial charge in [0.05, 0.1) is 12.2 Å². The molecule has 0 bridgehead atoms. The molecule has 1 fully saturated rings. The van der Waals surface area contributed by atoms with Crippen LogP contribution in [0.1, 0.15) is 22.0 Å². The minimum atomic E-state index is -1.69. The molecule has 4 rings (SSSR count). The Balaban J connectivity index is 1.59. The molecular formula is C20H20O11. The first kappa shape index (κ1) is 21.2. The number of rotatable bonds is 4. The number of aliphatic hydroxyl groups is 4. The molecule has 2 heterocycles. The van der Waals surface area contributed by atoms with E-state index < -0.39 is 60.7 Å². The number of carbonyl (C=O) groups excluding carboxylic acids is 1. The van der Waals surface area contributed by atoms with Gasteiger partial charge in [0.2, 0.25) is 17.8 Å². The first-order valence-electron chi connectivity index (χ1n) is 9.28. The average molecular weight is 436 g/mol. The molecule has 0 radical (unpaired) electrons. The van der Waals surface area contributed by atoms with Crippen LogP contribution in [0, 0.1) is 0 Å². The SMILES string of the molecule is O=C1c2ccc(O[C@@H]3O[C@H](CO)[C@@H](O)[C@@H](O)[C@@H]3O)c(O)c2O[C@@H]1c1ccc(O)c(O)c1. The number of carbonyl (C=O) groups is 1. The van der Waals surface area contributed by atoms with E-state index in [1.807, 2.05) is 0 Å². The molecule has 31 heavy (non-hydrogen) atoms. The topological polar surface area (TPSA) is 186 Å². The fraction of sp³-hybridized carbons (Fsp3) is 0.350. The Hall–Kier alpha value is -3.09. The summed E-state index contributed by atoms with van der Waals surface area (Å²) >= 11 is 0. The number of ether oxygens (including phenoxy) is 3. The average Bonchev–Trinajstić information content (AvgIpc) is 3.09. The molecule has 6 atom stereocenters. The Morgan fingerprint density at radius 3 is 2.35 bits per heavy atom. The molecule has 2 aromatic rings. The maximum atomic E-state index is 12.7. The largest absolute Gasteiger partial charge is 0.504 e. The molecule has 0 aromatic heterocycles. The van der Waals surface area contributed by atoms with Gasteiger partial charge in [-0.15, -0.1) is 0 Å². The van der Waals surface area contributed by atoms with E-state index >= 15 is 0 Å². The highest BCUT2D eigenvalue weighted by atomic mass is 16.7. The van der Waals surface area contributed by atoms with E-state index in [1.54, 1.807) is 0 Å². The van der Waals surface area contributed by atoms with Crippen molar-refractivity contribution in [2.24, 2.45) is 0 Å². The molecule has 166 valence electrons. The number of fused-ring (bicyclic) bond motifs is 1. The first-order valence-corrected chi connectivity index (χ1v) is 9.28. The van der Waals surface area contributed by atoms with Crippen molar-refractivity contribution in [1.82, 2.24) is 0 Å². The molecule has 0 spiro atoms. The van der Waals surface area contributed by atoms with E-state index in [0.29, 0.717) is 0 Å². The van der Waals surface area contributed by atoms with Crippen molar-refractivity contribution in [2.75, 3.05) is 6.61 Å². The zero-order valence-electron chi connectivity index (χ0n) is 15.8. The predicted molar refractivity (Wildman–Crippen MR) is 100.0 cm³/mol. The number of benzene rings is 2. The lowest BCUT2D eigenvalue weighted by atomic mass is 9.99. The monoisotopic (exact) mass is 436 g/mol. The minimum absolute atomic E-state index is 0.0382. The highest BCUT2D eigenvalue weighted by Crippen LogP contribution is 2.48. The van der Waals surface area contributed by atoms with E-state index in [2.05, 4.69) is 0 Å². The van der Waals surface area contributed by atoms with Crippen molar-refractivity contribution in [3.05, 3.63) is 41.5 Å². The summed E-state index contributed by atoms with van der Waals surface area (Å²) in [5, 5.41) is 68.7. The van der Waals surface area contributed by atoms with Crippen molar-refractivity contribution in [2.45, 2.75) is 36.8 Å². The van der Waals surface area contributed by atoms with Crippen molar-refractivity contribution < 1.29 is 54.8 Å². The number of hydrogen-bond acceptors (Lipinski definition) is 11. The third-order valence-corrected chi connectivity index (χ3v) is 5.23. The third kappa shape index (κ3) is 3.52. The van der Waals surface area contributed by atoms with Crippen LogP contribution < -0.4 is 9.47 Å². The van der Waals surface area contributed by atoms with Crippen molar-refractivity contribution in [3.8, 4) is 28.7 Å². The summed E-state index contributed by atoms with van der Waals surface area (Å²) in [6, 6.07) is 6.28. The smallest absolute Gasteiger partial charge is 0.229 e. The number of aromatic hydroxyl groups is 3. The van der Waals surface area contributed by atoms with Gasteiger partial charge in [0.1, 0.15) is 24.4 Å². The van der Waals surface area contributed by atoms with Gasteiger partial charge in [0.25, 0.3) is 0 Å². The van der Waals surface area contributed by atoms with E-state index in [4.69, 9.17) is 14.2 Å². The zero-order valence-corrected chi connectivity index (χ0v) is 15.8. The number of Topliss-reactive ketones (excluding diaryl/α,β-unsaturated/α-hetero) is 1. The van der Waals surface area contributed by atoms with Crippen molar-refractivity contribution in [1.29, 1.82) is 0 Å². The molecule has 2 aliphatic rings. The van der Waals surface area contributed by atoms with Crippen LogP contribution in [-0.2, 0) is 4.74 Å².